The standard InChI is InChI=1S/C22H19N3O5S/c1-2-14-15(9-12-3-4-13-5-8-31-16(13)10-12)25-7-6-24-22(30-11-17(26)27)19(25)18(14)20(28)21(23)29/h3-8,10H,2,9,11H2,1H3,(H2,23,29)(H,26,27). The molecular formula is C22H19N3O5S. The van der Waals surface area contributed by atoms with Crippen LogP contribution in [0, 0.1) is 0 Å². The molecule has 0 aliphatic rings. The number of nitrogens with zero attached hydrogens (tertiary/aromatic N) is 2. The van der Waals surface area contributed by atoms with Crippen molar-refractivity contribution in [3.8, 4) is 5.88 Å². The fourth-order valence-corrected chi connectivity index (χ4v) is 4.62. The van der Waals surface area contributed by atoms with Crippen molar-refractivity contribution in [3.05, 3.63) is 64.4 Å². The highest BCUT2D eigenvalue weighted by Crippen LogP contribution is 2.32. The molecule has 9 heteroatoms. The number of carboxylic acids is 1. The van der Waals surface area contributed by atoms with Crippen LogP contribution in [0.25, 0.3) is 15.6 Å². The molecule has 0 fully saturated rings. The number of amides is 1. The van der Waals surface area contributed by atoms with Crippen LogP contribution in [0.15, 0.2) is 42.0 Å². The Labute approximate surface area is 180 Å². The van der Waals surface area contributed by atoms with E-state index in [0.717, 1.165) is 21.3 Å². The number of hydrogen-bond acceptors (Lipinski definition) is 6. The van der Waals surface area contributed by atoms with Crippen LogP contribution in [0.1, 0.15) is 34.1 Å². The number of benzene rings is 1. The summed E-state index contributed by atoms with van der Waals surface area (Å²) >= 11 is 1.64. The fourth-order valence-electron chi connectivity index (χ4n) is 3.77. The van der Waals surface area contributed by atoms with E-state index < -0.39 is 24.3 Å². The Morgan fingerprint density at radius 3 is 2.77 bits per heavy atom. The maximum atomic E-state index is 12.7. The first-order chi connectivity index (χ1) is 14.9. The van der Waals surface area contributed by atoms with Gasteiger partial charge in [0.15, 0.2) is 6.61 Å². The average molecular weight is 437 g/mol. The van der Waals surface area contributed by atoms with Crippen LogP contribution in [0.4, 0.5) is 0 Å². The first kappa shape index (κ1) is 20.5. The second kappa shape index (κ2) is 8.19. The number of primary amides is 1. The number of carbonyl (C=O) groups is 3. The number of thiophene rings is 1. The number of aliphatic carboxylic acids is 1. The highest BCUT2D eigenvalue weighted by Gasteiger charge is 2.28. The van der Waals surface area contributed by atoms with Crippen LogP contribution in [-0.4, -0.2) is 38.8 Å². The smallest absolute Gasteiger partial charge is 0.341 e. The van der Waals surface area contributed by atoms with Gasteiger partial charge in [-0.3, -0.25) is 9.59 Å². The third kappa shape index (κ3) is 3.75. The van der Waals surface area contributed by atoms with Gasteiger partial charge in [0.05, 0.1) is 5.56 Å². The molecule has 4 rings (SSSR count). The molecule has 1 amide bonds. The molecule has 3 heterocycles. The van der Waals surface area contributed by atoms with Gasteiger partial charge in [0.2, 0.25) is 5.88 Å². The number of rotatable bonds is 8. The highest BCUT2D eigenvalue weighted by atomic mass is 32.1. The minimum atomic E-state index is -1.18. The summed E-state index contributed by atoms with van der Waals surface area (Å²) in [5.41, 5.74) is 8.15. The fraction of sp³-hybridized carbons (Fsp3) is 0.182. The number of fused-ring (bicyclic) bond motifs is 2. The first-order valence-corrected chi connectivity index (χ1v) is 10.4. The minimum absolute atomic E-state index is 0.0378. The van der Waals surface area contributed by atoms with E-state index in [2.05, 4.69) is 17.1 Å². The number of aromatic nitrogens is 2. The van der Waals surface area contributed by atoms with Crippen molar-refractivity contribution in [1.82, 2.24) is 9.38 Å². The summed E-state index contributed by atoms with van der Waals surface area (Å²) in [5, 5.41) is 12.2. The van der Waals surface area contributed by atoms with E-state index in [-0.39, 0.29) is 17.0 Å². The van der Waals surface area contributed by atoms with E-state index in [4.69, 9.17) is 15.6 Å². The summed E-state index contributed by atoms with van der Waals surface area (Å²) in [6, 6.07) is 8.21. The lowest BCUT2D eigenvalue weighted by Crippen LogP contribution is -2.24. The summed E-state index contributed by atoms with van der Waals surface area (Å²) in [7, 11) is 0. The normalized spacial score (nSPS) is 11.1. The van der Waals surface area contributed by atoms with E-state index in [9.17, 15) is 14.4 Å². The zero-order valence-electron chi connectivity index (χ0n) is 16.6. The lowest BCUT2D eigenvalue weighted by Gasteiger charge is -2.08. The number of Topliss-reactive ketones (excluding diaryl/α,β-unsaturated/α-hetero) is 1. The molecule has 4 aromatic rings. The lowest BCUT2D eigenvalue weighted by atomic mass is 9.99. The number of carboxylic acid groups (broad SMARTS) is 1. The molecule has 0 aliphatic carbocycles. The zero-order valence-corrected chi connectivity index (χ0v) is 17.4. The molecule has 0 saturated carbocycles. The third-order valence-corrected chi connectivity index (χ3v) is 5.94. The van der Waals surface area contributed by atoms with E-state index >= 15 is 0 Å². The molecule has 0 atom stereocenters. The van der Waals surface area contributed by atoms with Gasteiger partial charge in [0, 0.05) is 29.2 Å². The SMILES string of the molecule is CCc1c(C(=O)C(N)=O)c2c(OCC(=O)O)nccn2c1Cc1ccc2ccsc2c1. The molecule has 0 radical (unpaired) electrons. The molecule has 0 spiro atoms. The zero-order chi connectivity index (χ0) is 22.1. The van der Waals surface area contributed by atoms with Gasteiger partial charge >= 0.3 is 5.97 Å². The maximum absolute atomic E-state index is 12.7. The van der Waals surface area contributed by atoms with Gasteiger partial charge in [-0.25, -0.2) is 9.78 Å². The van der Waals surface area contributed by atoms with Gasteiger partial charge in [-0.1, -0.05) is 19.1 Å². The van der Waals surface area contributed by atoms with Gasteiger partial charge in [-0.2, -0.15) is 0 Å². The Balaban J connectivity index is 1.93. The summed E-state index contributed by atoms with van der Waals surface area (Å²) < 4.78 is 8.21. The third-order valence-electron chi connectivity index (χ3n) is 5.06. The van der Waals surface area contributed by atoms with Gasteiger partial charge in [-0.05, 0) is 40.4 Å². The van der Waals surface area contributed by atoms with Crippen molar-refractivity contribution in [2.45, 2.75) is 19.8 Å². The first-order valence-electron chi connectivity index (χ1n) is 9.56. The van der Waals surface area contributed by atoms with E-state index in [0.29, 0.717) is 18.4 Å². The predicted molar refractivity (Wildman–Crippen MR) is 116 cm³/mol. The summed E-state index contributed by atoms with van der Waals surface area (Å²) in [6.07, 6.45) is 4.09. The van der Waals surface area contributed by atoms with Crippen LogP contribution in [0.3, 0.4) is 0 Å². The number of ether oxygens (including phenoxy) is 1. The summed E-state index contributed by atoms with van der Waals surface area (Å²) in [5.74, 6) is -3.17. The Hall–Kier alpha value is -3.72. The molecule has 158 valence electrons. The van der Waals surface area contributed by atoms with E-state index in [1.807, 2.05) is 24.4 Å². The molecule has 3 aromatic heterocycles. The highest BCUT2D eigenvalue weighted by molar-refractivity contribution is 7.17. The molecule has 8 nitrogen and oxygen atoms in total. The van der Waals surface area contributed by atoms with Crippen molar-refractivity contribution in [1.29, 1.82) is 0 Å². The number of carbonyl (C=O) groups excluding carboxylic acids is 2. The van der Waals surface area contributed by atoms with Crippen molar-refractivity contribution in [3.63, 3.8) is 0 Å². The Morgan fingerprint density at radius 2 is 2.06 bits per heavy atom. The Kier molecular flexibility index (Phi) is 5.43. The monoisotopic (exact) mass is 437 g/mol. The van der Waals surface area contributed by atoms with Gasteiger partial charge in [-0.15, -0.1) is 11.3 Å². The van der Waals surface area contributed by atoms with Gasteiger partial charge in [0.25, 0.3) is 11.7 Å². The lowest BCUT2D eigenvalue weighted by molar-refractivity contribution is -0.139. The van der Waals surface area contributed by atoms with Crippen LogP contribution in [0.2, 0.25) is 0 Å². The van der Waals surface area contributed by atoms with Crippen LogP contribution in [0.5, 0.6) is 5.88 Å². The molecular weight excluding hydrogens is 418 g/mol. The van der Waals surface area contributed by atoms with E-state index in [1.54, 1.807) is 21.9 Å². The molecule has 0 aliphatic heterocycles. The van der Waals surface area contributed by atoms with Crippen molar-refractivity contribution < 1.29 is 24.2 Å². The van der Waals surface area contributed by atoms with Crippen molar-refractivity contribution in [2.24, 2.45) is 5.73 Å². The Morgan fingerprint density at radius 1 is 1.26 bits per heavy atom. The van der Waals surface area contributed by atoms with Gasteiger partial charge in [0.1, 0.15) is 5.52 Å². The quantitative estimate of drug-likeness (QED) is 0.323. The molecule has 31 heavy (non-hydrogen) atoms. The second-order valence-corrected chi connectivity index (χ2v) is 7.90. The number of nitrogens with two attached hydrogens (primary N) is 1. The Bertz CT molecular complexity index is 1340. The molecule has 0 saturated heterocycles. The second-order valence-electron chi connectivity index (χ2n) is 6.95. The van der Waals surface area contributed by atoms with Gasteiger partial charge < -0.3 is 20.0 Å². The van der Waals surface area contributed by atoms with Crippen molar-refractivity contribution in [2.75, 3.05) is 6.61 Å². The molecule has 1 aromatic carbocycles. The summed E-state index contributed by atoms with van der Waals surface area (Å²) in [6.45, 7) is 1.25. The topological polar surface area (TPSA) is 124 Å². The predicted octanol–water partition coefficient (Wildman–Crippen LogP) is 2.83. The summed E-state index contributed by atoms with van der Waals surface area (Å²) in [4.78, 5) is 39.6. The maximum Gasteiger partial charge on any atom is 0.341 e. The minimum Gasteiger partial charge on any atom is -0.479 e. The number of ketones is 1. The molecule has 0 unspecified atom stereocenters. The largest absolute Gasteiger partial charge is 0.479 e. The van der Waals surface area contributed by atoms with Crippen LogP contribution >= 0.6 is 11.3 Å². The van der Waals surface area contributed by atoms with Crippen molar-refractivity contribution >= 4 is 44.6 Å². The average Bonchev–Trinajstić information content (AvgIpc) is 3.33. The van der Waals surface area contributed by atoms with Crippen LogP contribution < -0.4 is 10.5 Å². The van der Waals surface area contributed by atoms with Crippen LogP contribution in [-0.2, 0) is 22.4 Å². The number of hydrogen-bond donors (Lipinski definition) is 2. The molecule has 0 bridgehead atoms. The molecule has 3 N–H and O–H groups in total. The van der Waals surface area contributed by atoms with E-state index in [1.165, 1.54) is 6.20 Å².